The summed E-state index contributed by atoms with van der Waals surface area (Å²) in [5.41, 5.74) is 17.2. The predicted molar refractivity (Wildman–Crippen MR) is 215 cm³/mol. The lowest BCUT2D eigenvalue weighted by Gasteiger charge is -2.13. The third-order valence-corrected chi connectivity index (χ3v) is 9.56. The maximum atomic E-state index is 13.7. The van der Waals surface area contributed by atoms with Gasteiger partial charge in [0, 0.05) is 74.4 Å². The van der Waals surface area contributed by atoms with Crippen molar-refractivity contribution in [1.29, 1.82) is 0 Å². The molecular weight excluding hydrogens is 729 g/mol. The summed E-state index contributed by atoms with van der Waals surface area (Å²) in [7, 11) is 1.61. The van der Waals surface area contributed by atoms with Crippen LogP contribution in [0.1, 0.15) is 62.9 Å². The number of aromatic nitrogens is 9. The number of imidazole rings is 1. The lowest BCUT2D eigenvalue weighted by Crippen LogP contribution is -2.20. The molecule has 0 atom stereocenters. The van der Waals surface area contributed by atoms with Gasteiger partial charge in [-0.25, -0.2) is 15.0 Å². The van der Waals surface area contributed by atoms with Gasteiger partial charge in [0.25, 0.3) is 5.91 Å². The number of carbonyl (C=O) groups is 3. The van der Waals surface area contributed by atoms with Gasteiger partial charge in [0.15, 0.2) is 5.82 Å². The molecule has 5 N–H and O–H groups in total. The van der Waals surface area contributed by atoms with Gasteiger partial charge in [0.05, 0.1) is 29.0 Å². The summed E-state index contributed by atoms with van der Waals surface area (Å²) < 4.78 is 18.7. The van der Waals surface area contributed by atoms with Gasteiger partial charge in [0.2, 0.25) is 17.8 Å². The van der Waals surface area contributed by atoms with Crippen molar-refractivity contribution in [3.8, 4) is 17.3 Å². The van der Waals surface area contributed by atoms with E-state index in [2.05, 4.69) is 15.5 Å². The van der Waals surface area contributed by atoms with Crippen LogP contribution >= 0.6 is 0 Å². The molecule has 2 aromatic carbocycles. The van der Waals surface area contributed by atoms with Crippen LogP contribution in [0.3, 0.4) is 0 Å². The minimum absolute atomic E-state index is 0.214. The second-order valence-electron chi connectivity index (χ2n) is 13.5. The topological polar surface area (TPSA) is 218 Å². The number of aryl methyl sites for hydroxylation is 4. The van der Waals surface area contributed by atoms with E-state index in [0.29, 0.717) is 84.5 Å². The summed E-state index contributed by atoms with van der Waals surface area (Å²) in [6.07, 6.45) is 6.29. The fourth-order valence-electron chi connectivity index (χ4n) is 6.93. The molecule has 5 aromatic heterocycles. The van der Waals surface area contributed by atoms with Gasteiger partial charge in [-0.3, -0.25) is 29.1 Å². The molecule has 0 aliphatic rings. The number of hydrogen-bond acceptors (Lipinski definition) is 10. The number of fused-ring (bicyclic) bond motifs is 4. The van der Waals surface area contributed by atoms with Crippen LogP contribution in [0.2, 0.25) is 0 Å². The molecule has 0 radical (unpaired) electrons. The van der Waals surface area contributed by atoms with E-state index >= 15 is 0 Å². The number of methoxy groups -OCH3 is 1. The maximum Gasteiger partial charge on any atom is 0.276 e. The minimum atomic E-state index is -0.642. The average Bonchev–Trinajstić information content (AvgIpc) is 3.95. The molecule has 0 spiro atoms. The highest BCUT2D eigenvalue weighted by Gasteiger charge is 2.22. The molecule has 17 heteroatoms. The predicted octanol–water partition coefficient (Wildman–Crippen LogP) is 4.77. The summed E-state index contributed by atoms with van der Waals surface area (Å²) in [4.78, 5) is 52.7. The largest absolute Gasteiger partial charge is 0.491 e. The van der Waals surface area contributed by atoms with Crippen LogP contribution in [0.25, 0.3) is 44.5 Å². The number of nitrogens with zero attached hydrogens (tertiary/aromatic N) is 9. The Kier molecular flexibility index (Phi) is 10.8. The van der Waals surface area contributed by atoms with E-state index in [1.54, 1.807) is 48.3 Å². The number of carbonyl (C=O) groups excluding carboxylic acids is 3. The average molecular weight is 773 g/mol. The van der Waals surface area contributed by atoms with Gasteiger partial charge in [-0.15, -0.1) is 0 Å². The molecule has 17 nitrogen and oxygen atoms in total. The standard InChI is InChI=1S/C40H44N12O5/c1-6-51-31(17-23(3)47-51)37-43-22-28-27-19-25(35(41)53)11-12-30(27)49(38(28)45-37)13-8-9-14-50-34-29(20-26(36(42)54)21-33(34)57-16-10-15-56-5)44-40(50)46-39(55)32-18-24(4)48-52(32)7-2/h8-9,11-12,17-22H,6-7,10,13-16H2,1-5H3,(H2,41,53)(H2,42,54)(H,44,46,55). The first-order chi connectivity index (χ1) is 27.5. The van der Waals surface area contributed by atoms with Crippen LogP contribution in [-0.2, 0) is 30.9 Å². The third-order valence-electron chi connectivity index (χ3n) is 9.56. The molecule has 0 aliphatic carbocycles. The first-order valence-electron chi connectivity index (χ1n) is 18.6. The summed E-state index contributed by atoms with van der Waals surface area (Å²) >= 11 is 0. The molecule has 3 amide bonds. The monoisotopic (exact) mass is 772 g/mol. The van der Waals surface area contributed by atoms with E-state index < -0.39 is 17.7 Å². The molecule has 7 aromatic rings. The van der Waals surface area contributed by atoms with E-state index in [-0.39, 0.29) is 18.1 Å². The molecule has 0 aliphatic heterocycles. The van der Waals surface area contributed by atoms with Crippen molar-refractivity contribution in [2.75, 3.05) is 25.6 Å². The molecule has 5 heterocycles. The van der Waals surface area contributed by atoms with Crippen LogP contribution in [-0.4, -0.2) is 81.7 Å². The van der Waals surface area contributed by atoms with Gasteiger partial charge >= 0.3 is 0 Å². The second kappa shape index (κ2) is 16.1. The summed E-state index contributed by atoms with van der Waals surface area (Å²) in [6.45, 7) is 10.2. The Hall–Kier alpha value is -6.88. The number of benzene rings is 2. The summed E-state index contributed by atoms with van der Waals surface area (Å²) in [5, 5.41) is 13.5. The van der Waals surface area contributed by atoms with Crippen molar-refractivity contribution in [3.63, 3.8) is 0 Å². The minimum Gasteiger partial charge on any atom is -0.491 e. The third kappa shape index (κ3) is 7.56. The zero-order valence-corrected chi connectivity index (χ0v) is 32.4. The lowest BCUT2D eigenvalue weighted by atomic mass is 10.1. The molecule has 0 unspecified atom stereocenters. The molecule has 57 heavy (non-hydrogen) atoms. The van der Waals surface area contributed by atoms with Crippen molar-refractivity contribution in [3.05, 3.63) is 89.0 Å². The number of ether oxygens (including phenoxy) is 2. The fourth-order valence-corrected chi connectivity index (χ4v) is 6.93. The van der Waals surface area contributed by atoms with E-state index in [1.807, 2.05) is 65.8 Å². The van der Waals surface area contributed by atoms with Crippen LogP contribution in [0, 0.1) is 13.8 Å². The van der Waals surface area contributed by atoms with E-state index in [4.69, 9.17) is 35.9 Å². The molecule has 0 saturated carbocycles. The lowest BCUT2D eigenvalue weighted by molar-refractivity contribution is 0.0992. The van der Waals surface area contributed by atoms with Crippen LogP contribution < -0.4 is 21.5 Å². The first-order valence-corrected chi connectivity index (χ1v) is 18.6. The van der Waals surface area contributed by atoms with Gasteiger partial charge in [-0.1, -0.05) is 12.2 Å². The molecule has 0 fully saturated rings. The van der Waals surface area contributed by atoms with Crippen LogP contribution in [0.4, 0.5) is 5.95 Å². The van der Waals surface area contributed by atoms with Crippen LogP contribution in [0.5, 0.6) is 5.75 Å². The highest BCUT2D eigenvalue weighted by atomic mass is 16.5. The molecular formula is C40H44N12O5. The summed E-state index contributed by atoms with van der Waals surface area (Å²) in [6, 6.07) is 12.1. The maximum absolute atomic E-state index is 13.7. The van der Waals surface area contributed by atoms with E-state index in [1.165, 1.54) is 0 Å². The van der Waals surface area contributed by atoms with Crippen molar-refractivity contribution in [2.24, 2.45) is 11.5 Å². The first kappa shape index (κ1) is 38.4. The van der Waals surface area contributed by atoms with Gasteiger partial charge in [-0.2, -0.15) is 10.2 Å². The number of nitrogens with two attached hydrogens (primary N) is 2. The SMILES string of the molecule is CCn1nc(C)cc1C(=O)Nc1nc2cc(C(N)=O)cc(OCCCOC)c2n1CC=CCn1c2ccc(C(N)=O)cc2c2cnc(-c3cc(C)nn3CC)nc21. The Balaban J connectivity index is 1.30. The van der Waals surface area contributed by atoms with Crippen molar-refractivity contribution in [2.45, 2.75) is 60.3 Å². The number of amides is 3. The Morgan fingerprint density at radius 3 is 2.26 bits per heavy atom. The smallest absolute Gasteiger partial charge is 0.276 e. The Labute approximate surface area is 327 Å². The van der Waals surface area contributed by atoms with Crippen molar-refractivity contribution < 1.29 is 23.9 Å². The number of allylic oxidation sites excluding steroid dienone is 2. The van der Waals surface area contributed by atoms with E-state index in [9.17, 15) is 14.4 Å². The number of rotatable bonds is 16. The summed E-state index contributed by atoms with van der Waals surface area (Å²) in [5.74, 6) is -0.436. The van der Waals surface area contributed by atoms with Gasteiger partial charge in [0.1, 0.15) is 28.3 Å². The number of nitrogens with one attached hydrogen (secondary N) is 1. The number of anilines is 1. The Morgan fingerprint density at radius 1 is 0.825 bits per heavy atom. The Morgan fingerprint density at radius 2 is 1.54 bits per heavy atom. The van der Waals surface area contributed by atoms with E-state index in [0.717, 1.165) is 27.7 Å². The molecule has 7 rings (SSSR count). The highest BCUT2D eigenvalue weighted by Crippen LogP contribution is 2.33. The quantitative estimate of drug-likeness (QED) is 0.0903. The van der Waals surface area contributed by atoms with Crippen molar-refractivity contribution in [1.82, 2.24) is 43.6 Å². The molecule has 294 valence electrons. The molecule has 0 saturated heterocycles. The zero-order valence-electron chi connectivity index (χ0n) is 32.4. The normalized spacial score (nSPS) is 11.7. The van der Waals surface area contributed by atoms with Crippen LogP contribution in [0.15, 0.2) is 60.8 Å². The second-order valence-corrected chi connectivity index (χ2v) is 13.5. The van der Waals surface area contributed by atoms with Crippen molar-refractivity contribution >= 4 is 56.6 Å². The number of hydrogen-bond donors (Lipinski definition) is 3. The number of primary amides is 2. The van der Waals surface area contributed by atoms with Gasteiger partial charge in [-0.05, 0) is 70.2 Å². The Bertz CT molecular complexity index is 2700. The molecule has 0 bridgehead atoms. The fraction of sp³-hybridized carbons (Fsp3) is 0.300. The highest BCUT2D eigenvalue weighted by molar-refractivity contribution is 6.09. The van der Waals surface area contributed by atoms with Gasteiger partial charge < -0.3 is 30.1 Å². The zero-order chi connectivity index (χ0) is 40.4.